The van der Waals surface area contributed by atoms with Crippen LogP contribution in [0.1, 0.15) is 31.2 Å². The topological polar surface area (TPSA) is 52.7 Å². The van der Waals surface area contributed by atoms with Gasteiger partial charge in [0.15, 0.2) is 0 Å². The van der Waals surface area contributed by atoms with E-state index < -0.39 is 0 Å². The van der Waals surface area contributed by atoms with Gasteiger partial charge in [-0.15, -0.1) is 0 Å². The van der Waals surface area contributed by atoms with Gasteiger partial charge in [0.25, 0.3) is 0 Å². The van der Waals surface area contributed by atoms with Crippen molar-refractivity contribution in [3.8, 4) is 0 Å². The molecule has 0 spiro atoms. The average Bonchev–Trinajstić information content (AvgIpc) is 3.30. The van der Waals surface area contributed by atoms with Crippen LogP contribution in [0.15, 0.2) is 24.3 Å². The minimum atomic E-state index is 0.129. The van der Waals surface area contributed by atoms with E-state index in [0.717, 1.165) is 57.4 Å². The molecule has 3 aliphatic rings. The molecule has 4 rings (SSSR count). The Labute approximate surface area is 143 Å². The fraction of sp³-hybridized carbons (Fsp3) is 0.579. The standard InChI is InChI=1S/C19H25N3O2/c23-18(22-12-9-14-3-1-2-4-17(14)22)13-21-10-7-15(8-11-21)19(24)20-16-5-6-16/h1-4,15-16H,5-13H2,(H,20,24). The molecule has 5 heteroatoms. The van der Waals surface area contributed by atoms with Crippen LogP contribution in [-0.4, -0.2) is 48.9 Å². The van der Waals surface area contributed by atoms with E-state index >= 15 is 0 Å². The molecule has 1 aromatic carbocycles. The number of carbonyl (C=O) groups is 2. The molecule has 2 fully saturated rings. The molecule has 0 unspecified atom stereocenters. The van der Waals surface area contributed by atoms with Crippen molar-refractivity contribution in [1.82, 2.24) is 10.2 Å². The Balaban J connectivity index is 1.28. The fourth-order valence-corrected chi connectivity index (χ4v) is 3.77. The van der Waals surface area contributed by atoms with E-state index in [1.54, 1.807) is 0 Å². The summed E-state index contributed by atoms with van der Waals surface area (Å²) in [6.07, 6.45) is 4.95. The third-order valence-electron chi connectivity index (χ3n) is 5.43. The first-order valence-corrected chi connectivity index (χ1v) is 9.12. The summed E-state index contributed by atoms with van der Waals surface area (Å²) < 4.78 is 0. The number of amides is 2. The predicted octanol–water partition coefficient (Wildman–Crippen LogP) is 1.57. The van der Waals surface area contributed by atoms with Gasteiger partial charge in [-0.3, -0.25) is 14.5 Å². The van der Waals surface area contributed by atoms with Gasteiger partial charge in [0, 0.05) is 24.2 Å². The lowest BCUT2D eigenvalue weighted by molar-refractivity contribution is -0.126. The van der Waals surface area contributed by atoms with Gasteiger partial charge in [-0.1, -0.05) is 18.2 Å². The van der Waals surface area contributed by atoms with Gasteiger partial charge >= 0.3 is 0 Å². The van der Waals surface area contributed by atoms with Crippen molar-refractivity contribution in [2.24, 2.45) is 5.92 Å². The molecular weight excluding hydrogens is 302 g/mol. The average molecular weight is 327 g/mol. The summed E-state index contributed by atoms with van der Waals surface area (Å²) in [6.45, 7) is 2.93. The molecule has 5 nitrogen and oxygen atoms in total. The second kappa shape index (κ2) is 6.55. The Morgan fingerprint density at radius 3 is 2.54 bits per heavy atom. The minimum Gasteiger partial charge on any atom is -0.353 e. The molecule has 0 bridgehead atoms. The van der Waals surface area contributed by atoms with Crippen LogP contribution in [0.3, 0.4) is 0 Å². The fourth-order valence-electron chi connectivity index (χ4n) is 3.77. The summed E-state index contributed by atoms with van der Waals surface area (Å²) in [7, 11) is 0. The highest BCUT2D eigenvalue weighted by atomic mass is 16.2. The number of hydrogen-bond acceptors (Lipinski definition) is 3. The molecule has 128 valence electrons. The van der Waals surface area contributed by atoms with Gasteiger partial charge in [-0.2, -0.15) is 0 Å². The Hall–Kier alpha value is -1.88. The molecule has 2 aliphatic heterocycles. The van der Waals surface area contributed by atoms with E-state index in [0.29, 0.717) is 12.6 Å². The Morgan fingerprint density at radius 1 is 1.04 bits per heavy atom. The Kier molecular flexibility index (Phi) is 4.27. The molecule has 2 heterocycles. The predicted molar refractivity (Wildman–Crippen MR) is 92.8 cm³/mol. The number of piperidine rings is 1. The van der Waals surface area contributed by atoms with E-state index in [4.69, 9.17) is 0 Å². The summed E-state index contributed by atoms with van der Waals surface area (Å²) in [5, 5.41) is 3.10. The zero-order valence-electron chi connectivity index (χ0n) is 14.0. The van der Waals surface area contributed by atoms with Crippen LogP contribution >= 0.6 is 0 Å². The number of nitrogens with one attached hydrogen (secondary N) is 1. The first-order valence-electron chi connectivity index (χ1n) is 9.12. The summed E-state index contributed by atoms with van der Waals surface area (Å²) in [6, 6.07) is 8.60. The second-order valence-electron chi connectivity index (χ2n) is 7.26. The number of hydrogen-bond donors (Lipinski definition) is 1. The first-order chi connectivity index (χ1) is 11.7. The van der Waals surface area contributed by atoms with E-state index in [1.165, 1.54) is 5.56 Å². The molecule has 1 saturated carbocycles. The smallest absolute Gasteiger partial charge is 0.241 e. The summed E-state index contributed by atoms with van der Waals surface area (Å²) in [4.78, 5) is 28.9. The number of para-hydroxylation sites is 1. The van der Waals surface area contributed by atoms with Crippen molar-refractivity contribution < 1.29 is 9.59 Å². The van der Waals surface area contributed by atoms with E-state index in [9.17, 15) is 9.59 Å². The van der Waals surface area contributed by atoms with Crippen molar-refractivity contribution in [1.29, 1.82) is 0 Å². The molecular formula is C19H25N3O2. The van der Waals surface area contributed by atoms with Crippen LogP contribution in [0.4, 0.5) is 5.69 Å². The van der Waals surface area contributed by atoms with E-state index in [1.807, 2.05) is 23.1 Å². The zero-order chi connectivity index (χ0) is 16.5. The maximum absolute atomic E-state index is 12.7. The van der Waals surface area contributed by atoms with E-state index in [2.05, 4.69) is 16.3 Å². The van der Waals surface area contributed by atoms with Gasteiger partial charge in [0.2, 0.25) is 11.8 Å². The lowest BCUT2D eigenvalue weighted by Crippen LogP contribution is -2.45. The number of rotatable bonds is 4. The molecule has 1 aromatic rings. The van der Waals surface area contributed by atoms with Crippen LogP contribution in [-0.2, 0) is 16.0 Å². The van der Waals surface area contributed by atoms with Crippen LogP contribution in [0, 0.1) is 5.92 Å². The van der Waals surface area contributed by atoms with Gasteiger partial charge in [0.05, 0.1) is 6.54 Å². The van der Waals surface area contributed by atoms with Gasteiger partial charge in [-0.25, -0.2) is 0 Å². The molecule has 1 N–H and O–H groups in total. The van der Waals surface area contributed by atoms with Crippen LogP contribution in [0.25, 0.3) is 0 Å². The number of carbonyl (C=O) groups excluding carboxylic acids is 2. The van der Waals surface area contributed by atoms with E-state index in [-0.39, 0.29) is 17.7 Å². The number of fused-ring (bicyclic) bond motifs is 1. The highest BCUT2D eigenvalue weighted by molar-refractivity contribution is 5.96. The zero-order valence-corrected chi connectivity index (χ0v) is 14.0. The van der Waals surface area contributed by atoms with Crippen LogP contribution in [0.2, 0.25) is 0 Å². The van der Waals surface area contributed by atoms with Gasteiger partial charge in [-0.05, 0) is 56.8 Å². The third kappa shape index (κ3) is 3.31. The molecule has 0 atom stereocenters. The van der Waals surface area contributed by atoms with Crippen molar-refractivity contribution >= 4 is 17.5 Å². The molecule has 1 aliphatic carbocycles. The van der Waals surface area contributed by atoms with Gasteiger partial charge < -0.3 is 10.2 Å². The lowest BCUT2D eigenvalue weighted by Gasteiger charge is -2.32. The molecule has 0 radical (unpaired) electrons. The SMILES string of the molecule is O=C(NC1CC1)C1CCN(CC(=O)N2CCc3ccccc32)CC1. The number of anilines is 1. The maximum atomic E-state index is 12.7. The summed E-state index contributed by atoms with van der Waals surface area (Å²) in [5.74, 6) is 0.530. The monoisotopic (exact) mass is 327 g/mol. The third-order valence-corrected chi connectivity index (χ3v) is 5.43. The quantitative estimate of drug-likeness (QED) is 0.913. The summed E-state index contributed by atoms with van der Waals surface area (Å²) in [5.41, 5.74) is 2.34. The van der Waals surface area contributed by atoms with Crippen LogP contribution in [0.5, 0.6) is 0 Å². The first kappa shape index (κ1) is 15.6. The van der Waals surface area contributed by atoms with Crippen molar-refractivity contribution in [3.63, 3.8) is 0 Å². The van der Waals surface area contributed by atoms with Crippen molar-refractivity contribution in [3.05, 3.63) is 29.8 Å². The summed E-state index contributed by atoms with van der Waals surface area (Å²) >= 11 is 0. The molecule has 1 saturated heterocycles. The highest BCUT2D eigenvalue weighted by Crippen LogP contribution is 2.28. The second-order valence-corrected chi connectivity index (χ2v) is 7.26. The van der Waals surface area contributed by atoms with Gasteiger partial charge in [0.1, 0.15) is 0 Å². The van der Waals surface area contributed by atoms with Crippen molar-refractivity contribution in [2.75, 3.05) is 31.1 Å². The largest absolute Gasteiger partial charge is 0.353 e. The van der Waals surface area contributed by atoms with Crippen LogP contribution < -0.4 is 10.2 Å². The molecule has 0 aromatic heterocycles. The highest BCUT2D eigenvalue weighted by Gasteiger charge is 2.31. The lowest BCUT2D eigenvalue weighted by atomic mass is 9.96. The number of benzene rings is 1. The Morgan fingerprint density at radius 2 is 1.79 bits per heavy atom. The molecule has 24 heavy (non-hydrogen) atoms. The maximum Gasteiger partial charge on any atom is 0.241 e. The molecule has 2 amide bonds. The number of nitrogens with zero attached hydrogens (tertiary/aromatic N) is 2. The van der Waals surface area contributed by atoms with Crippen molar-refractivity contribution in [2.45, 2.75) is 38.1 Å². The minimum absolute atomic E-state index is 0.129. The number of likely N-dealkylation sites (tertiary alicyclic amines) is 1. The normalized spacial score (nSPS) is 21.6. The Bertz CT molecular complexity index is 633.